The molecule has 4 saturated carbocycles. The van der Waals surface area contributed by atoms with E-state index in [2.05, 4.69) is 4.98 Å². The molecule has 5 rings (SSSR count). The largest absolute Gasteiger partial charge is 0.478 e. The van der Waals surface area contributed by atoms with Crippen LogP contribution < -0.4 is 0 Å². The zero-order valence-corrected chi connectivity index (χ0v) is 11.9. The third-order valence-electron chi connectivity index (χ3n) is 5.98. The van der Waals surface area contributed by atoms with E-state index < -0.39 is 5.97 Å². The Morgan fingerprint density at radius 2 is 1.75 bits per heavy atom. The van der Waals surface area contributed by atoms with E-state index in [4.69, 9.17) is 0 Å². The SMILES string of the molecule is Cc1c(C(=O)O)ccnc1C12CC3CC(CC(C3)C1)C2. The molecule has 0 radical (unpaired) electrons. The summed E-state index contributed by atoms with van der Waals surface area (Å²) in [6.07, 6.45) is 9.59. The van der Waals surface area contributed by atoms with Gasteiger partial charge in [-0.25, -0.2) is 4.79 Å². The van der Waals surface area contributed by atoms with E-state index in [1.165, 1.54) is 38.5 Å². The molecule has 0 amide bonds. The van der Waals surface area contributed by atoms with E-state index in [1.54, 1.807) is 12.3 Å². The Balaban J connectivity index is 1.81. The van der Waals surface area contributed by atoms with Crippen molar-refractivity contribution >= 4 is 5.97 Å². The van der Waals surface area contributed by atoms with E-state index in [1.807, 2.05) is 6.92 Å². The molecule has 3 heteroatoms. The number of carbonyl (C=O) groups is 1. The predicted molar refractivity (Wildman–Crippen MR) is 75.8 cm³/mol. The van der Waals surface area contributed by atoms with Crippen molar-refractivity contribution in [1.82, 2.24) is 4.98 Å². The number of nitrogens with zero attached hydrogens (tertiary/aromatic N) is 1. The second kappa shape index (κ2) is 4.06. The van der Waals surface area contributed by atoms with Crippen LogP contribution >= 0.6 is 0 Å². The van der Waals surface area contributed by atoms with Crippen molar-refractivity contribution in [2.24, 2.45) is 17.8 Å². The number of aromatic nitrogens is 1. The lowest BCUT2D eigenvalue weighted by molar-refractivity contribution is -0.00754. The molecule has 4 fully saturated rings. The maximum atomic E-state index is 11.4. The van der Waals surface area contributed by atoms with Crippen LogP contribution in [-0.4, -0.2) is 16.1 Å². The van der Waals surface area contributed by atoms with Gasteiger partial charge in [-0.15, -0.1) is 0 Å². The van der Waals surface area contributed by atoms with Gasteiger partial charge in [-0.1, -0.05) is 0 Å². The molecule has 106 valence electrons. The lowest BCUT2D eigenvalue weighted by Crippen LogP contribution is -2.49. The molecule has 1 aromatic rings. The Morgan fingerprint density at radius 3 is 2.25 bits per heavy atom. The zero-order valence-electron chi connectivity index (χ0n) is 11.9. The van der Waals surface area contributed by atoms with Crippen molar-refractivity contribution in [2.75, 3.05) is 0 Å². The molecule has 20 heavy (non-hydrogen) atoms. The number of carboxylic acids is 1. The van der Waals surface area contributed by atoms with E-state index >= 15 is 0 Å². The van der Waals surface area contributed by atoms with Crippen LogP contribution in [0, 0.1) is 24.7 Å². The smallest absolute Gasteiger partial charge is 0.336 e. The summed E-state index contributed by atoms with van der Waals surface area (Å²) in [6, 6.07) is 1.64. The molecule has 4 aliphatic rings. The number of hydrogen-bond donors (Lipinski definition) is 1. The Kier molecular flexibility index (Phi) is 2.51. The fraction of sp³-hybridized carbons (Fsp3) is 0.647. The summed E-state index contributed by atoms with van der Waals surface area (Å²) in [5.74, 6) is 1.75. The predicted octanol–water partition coefficient (Wildman–Crippen LogP) is 3.56. The first kappa shape index (κ1) is 12.4. The lowest BCUT2D eigenvalue weighted by Gasteiger charge is -2.56. The first-order valence-corrected chi connectivity index (χ1v) is 7.77. The van der Waals surface area contributed by atoms with Crippen molar-refractivity contribution in [2.45, 2.75) is 50.9 Å². The lowest BCUT2D eigenvalue weighted by atomic mass is 9.48. The molecule has 1 heterocycles. The number of hydrogen-bond acceptors (Lipinski definition) is 2. The molecule has 4 bridgehead atoms. The highest BCUT2D eigenvalue weighted by Gasteiger charge is 2.52. The molecule has 0 unspecified atom stereocenters. The van der Waals surface area contributed by atoms with Crippen molar-refractivity contribution in [3.8, 4) is 0 Å². The van der Waals surface area contributed by atoms with Crippen LogP contribution in [0.3, 0.4) is 0 Å². The average Bonchev–Trinajstić information content (AvgIpc) is 2.36. The molecule has 3 nitrogen and oxygen atoms in total. The van der Waals surface area contributed by atoms with Gasteiger partial charge in [-0.3, -0.25) is 4.98 Å². The summed E-state index contributed by atoms with van der Waals surface area (Å²) in [4.78, 5) is 16.0. The van der Waals surface area contributed by atoms with Gasteiger partial charge in [0.1, 0.15) is 0 Å². The highest BCUT2D eigenvalue weighted by molar-refractivity contribution is 5.89. The highest BCUT2D eigenvalue weighted by Crippen LogP contribution is 2.60. The monoisotopic (exact) mass is 271 g/mol. The van der Waals surface area contributed by atoms with Gasteiger partial charge in [0.15, 0.2) is 0 Å². The standard InChI is InChI=1S/C17H21NO2/c1-10-14(16(19)20)2-3-18-15(10)17-7-11-4-12(8-17)6-13(5-11)9-17/h2-3,11-13H,4-9H2,1H3,(H,19,20). The molecule has 0 aromatic carbocycles. The molecule has 0 atom stereocenters. The average molecular weight is 271 g/mol. The topological polar surface area (TPSA) is 50.2 Å². The Hall–Kier alpha value is -1.38. The van der Waals surface area contributed by atoms with Crippen molar-refractivity contribution < 1.29 is 9.90 Å². The van der Waals surface area contributed by atoms with Gasteiger partial charge in [-0.05, 0) is 74.8 Å². The maximum Gasteiger partial charge on any atom is 0.336 e. The van der Waals surface area contributed by atoms with E-state index in [9.17, 15) is 9.90 Å². The van der Waals surface area contributed by atoms with Gasteiger partial charge in [-0.2, -0.15) is 0 Å². The third-order valence-corrected chi connectivity index (χ3v) is 5.98. The Morgan fingerprint density at radius 1 is 1.20 bits per heavy atom. The fourth-order valence-corrected chi connectivity index (χ4v) is 5.70. The van der Waals surface area contributed by atoms with Gasteiger partial charge in [0, 0.05) is 11.6 Å². The quantitative estimate of drug-likeness (QED) is 0.894. The highest BCUT2D eigenvalue weighted by atomic mass is 16.4. The number of pyridine rings is 1. The normalized spacial score (nSPS) is 38.1. The van der Waals surface area contributed by atoms with Gasteiger partial charge in [0.05, 0.1) is 11.3 Å². The second-order valence-electron chi connectivity index (χ2n) is 7.34. The summed E-state index contributed by atoms with van der Waals surface area (Å²) < 4.78 is 0. The minimum atomic E-state index is -0.823. The summed E-state index contributed by atoms with van der Waals surface area (Å²) in [6.45, 7) is 1.95. The van der Waals surface area contributed by atoms with Crippen LogP contribution in [0.15, 0.2) is 12.3 Å². The third kappa shape index (κ3) is 1.65. The number of rotatable bonds is 2. The Bertz CT molecular complexity index is 543. The second-order valence-corrected chi connectivity index (χ2v) is 7.34. The molecule has 0 aliphatic heterocycles. The minimum absolute atomic E-state index is 0.185. The molecular formula is C17H21NO2. The zero-order chi connectivity index (χ0) is 13.9. The maximum absolute atomic E-state index is 11.4. The number of aromatic carboxylic acids is 1. The van der Waals surface area contributed by atoms with Crippen LogP contribution in [0.25, 0.3) is 0 Å². The Labute approximate surface area is 119 Å². The molecule has 4 aliphatic carbocycles. The summed E-state index contributed by atoms with van der Waals surface area (Å²) in [5, 5.41) is 9.34. The summed E-state index contributed by atoms with van der Waals surface area (Å²) >= 11 is 0. The van der Waals surface area contributed by atoms with Crippen molar-refractivity contribution in [3.63, 3.8) is 0 Å². The summed E-state index contributed by atoms with van der Waals surface area (Å²) in [7, 11) is 0. The minimum Gasteiger partial charge on any atom is -0.478 e. The van der Waals surface area contributed by atoms with Crippen LogP contribution in [0.2, 0.25) is 0 Å². The van der Waals surface area contributed by atoms with Crippen LogP contribution in [0.5, 0.6) is 0 Å². The summed E-state index contributed by atoms with van der Waals surface area (Å²) in [5.41, 5.74) is 2.62. The molecular weight excluding hydrogens is 250 g/mol. The fourth-order valence-electron chi connectivity index (χ4n) is 5.70. The van der Waals surface area contributed by atoms with Crippen molar-refractivity contribution in [1.29, 1.82) is 0 Å². The van der Waals surface area contributed by atoms with E-state index in [-0.39, 0.29) is 5.41 Å². The number of carboxylic acid groups (broad SMARTS) is 1. The van der Waals surface area contributed by atoms with Crippen LogP contribution in [-0.2, 0) is 5.41 Å². The van der Waals surface area contributed by atoms with Crippen LogP contribution in [0.1, 0.15) is 60.1 Å². The first-order valence-electron chi connectivity index (χ1n) is 7.77. The van der Waals surface area contributed by atoms with Gasteiger partial charge in [0.25, 0.3) is 0 Å². The molecule has 1 aromatic heterocycles. The van der Waals surface area contributed by atoms with Crippen LogP contribution in [0.4, 0.5) is 0 Å². The van der Waals surface area contributed by atoms with Gasteiger partial charge in [0.2, 0.25) is 0 Å². The molecule has 0 saturated heterocycles. The van der Waals surface area contributed by atoms with Gasteiger partial charge < -0.3 is 5.11 Å². The first-order chi connectivity index (χ1) is 9.57. The van der Waals surface area contributed by atoms with Gasteiger partial charge >= 0.3 is 5.97 Å². The van der Waals surface area contributed by atoms with Crippen molar-refractivity contribution in [3.05, 3.63) is 29.1 Å². The molecule has 0 spiro atoms. The van der Waals surface area contributed by atoms with E-state index in [0.29, 0.717) is 5.56 Å². The van der Waals surface area contributed by atoms with E-state index in [0.717, 1.165) is 29.0 Å². The molecule has 1 N–H and O–H groups in total.